The van der Waals surface area contributed by atoms with Gasteiger partial charge in [0.1, 0.15) is 5.82 Å². The van der Waals surface area contributed by atoms with Crippen LogP contribution in [0, 0.1) is 5.82 Å². The maximum atomic E-state index is 13.5. The number of piperidine rings is 1. The van der Waals surface area contributed by atoms with Crippen LogP contribution in [0.3, 0.4) is 0 Å². The summed E-state index contributed by atoms with van der Waals surface area (Å²) in [6, 6.07) is 5.34. The van der Waals surface area contributed by atoms with Gasteiger partial charge in [0.25, 0.3) is 0 Å². The molecule has 0 aromatic heterocycles. The summed E-state index contributed by atoms with van der Waals surface area (Å²) in [6.45, 7) is 9.03. The van der Waals surface area contributed by atoms with Crippen molar-refractivity contribution in [2.45, 2.75) is 45.7 Å². The van der Waals surface area contributed by atoms with Crippen molar-refractivity contribution < 1.29 is 4.39 Å². The van der Waals surface area contributed by atoms with E-state index in [4.69, 9.17) is 0 Å². The van der Waals surface area contributed by atoms with Crippen molar-refractivity contribution in [3.63, 3.8) is 0 Å². The van der Waals surface area contributed by atoms with Gasteiger partial charge in [0.15, 0.2) is 5.96 Å². The highest BCUT2D eigenvalue weighted by Gasteiger charge is 2.19. The summed E-state index contributed by atoms with van der Waals surface area (Å²) < 4.78 is 14.2. The second kappa shape index (κ2) is 9.99. The highest BCUT2D eigenvalue weighted by molar-refractivity contribution is 9.10. The number of nitrogens with zero attached hydrogens (tertiary/aromatic N) is 2. The van der Waals surface area contributed by atoms with Crippen molar-refractivity contribution in [2.75, 3.05) is 26.2 Å². The zero-order valence-electron chi connectivity index (χ0n) is 14.6. The van der Waals surface area contributed by atoms with E-state index in [1.165, 1.54) is 25.1 Å². The highest BCUT2D eigenvalue weighted by atomic mass is 79.9. The lowest BCUT2D eigenvalue weighted by Crippen LogP contribution is -2.48. The molecule has 1 aliphatic rings. The van der Waals surface area contributed by atoms with Crippen LogP contribution < -0.4 is 10.6 Å². The van der Waals surface area contributed by atoms with Crippen LogP contribution in [0.2, 0.25) is 0 Å². The third-order valence-electron chi connectivity index (χ3n) is 4.15. The molecule has 1 heterocycles. The van der Waals surface area contributed by atoms with Gasteiger partial charge in [-0.25, -0.2) is 9.38 Å². The molecule has 24 heavy (non-hydrogen) atoms. The molecular formula is C18H28BrFN4. The van der Waals surface area contributed by atoms with Crippen molar-refractivity contribution in [2.24, 2.45) is 4.99 Å². The van der Waals surface area contributed by atoms with E-state index in [2.05, 4.69) is 50.3 Å². The lowest BCUT2D eigenvalue weighted by Gasteiger charge is -2.32. The number of hydrogen-bond donors (Lipinski definition) is 2. The molecule has 2 N–H and O–H groups in total. The van der Waals surface area contributed by atoms with E-state index < -0.39 is 0 Å². The Morgan fingerprint density at radius 2 is 2.04 bits per heavy atom. The Morgan fingerprint density at radius 1 is 1.29 bits per heavy atom. The standard InChI is InChI=1S/C18H28BrFN4/c1-3-7-24-8-5-17(6-9-24)23-18(21-4-2)22-13-14-10-15(19)12-16(20)11-14/h10-12,17H,3-9,13H2,1-2H3,(H2,21,22,23). The average Bonchev–Trinajstić information content (AvgIpc) is 2.54. The molecule has 0 aliphatic carbocycles. The summed E-state index contributed by atoms with van der Waals surface area (Å²) in [5.41, 5.74) is 0.858. The third kappa shape index (κ3) is 6.40. The number of aliphatic imine (C=N–C) groups is 1. The summed E-state index contributed by atoms with van der Waals surface area (Å²) in [7, 11) is 0. The van der Waals surface area contributed by atoms with Crippen molar-refractivity contribution in [1.29, 1.82) is 0 Å². The van der Waals surface area contributed by atoms with Crippen molar-refractivity contribution in [3.8, 4) is 0 Å². The van der Waals surface area contributed by atoms with E-state index in [0.29, 0.717) is 12.6 Å². The normalized spacial score (nSPS) is 17.1. The molecule has 0 bridgehead atoms. The first kappa shape index (κ1) is 19.2. The lowest BCUT2D eigenvalue weighted by molar-refractivity contribution is 0.206. The van der Waals surface area contributed by atoms with E-state index in [9.17, 15) is 4.39 Å². The Bertz CT molecular complexity index is 522. The maximum Gasteiger partial charge on any atom is 0.191 e. The van der Waals surface area contributed by atoms with E-state index in [1.807, 2.05) is 6.07 Å². The van der Waals surface area contributed by atoms with Crippen LogP contribution in [-0.2, 0) is 6.54 Å². The molecule has 4 nitrogen and oxygen atoms in total. The van der Waals surface area contributed by atoms with Gasteiger partial charge in [-0.15, -0.1) is 0 Å². The minimum atomic E-state index is -0.240. The van der Waals surface area contributed by atoms with Crippen molar-refractivity contribution >= 4 is 21.9 Å². The predicted molar refractivity (Wildman–Crippen MR) is 102 cm³/mol. The topological polar surface area (TPSA) is 39.7 Å². The number of nitrogens with one attached hydrogen (secondary N) is 2. The fourth-order valence-electron chi connectivity index (χ4n) is 3.00. The summed E-state index contributed by atoms with van der Waals surface area (Å²) in [4.78, 5) is 7.13. The molecule has 1 aliphatic heterocycles. The average molecular weight is 399 g/mol. The molecule has 0 saturated carbocycles. The van der Waals surface area contributed by atoms with Crippen LogP contribution in [0.1, 0.15) is 38.7 Å². The number of likely N-dealkylation sites (tertiary alicyclic amines) is 1. The van der Waals surface area contributed by atoms with Crippen LogP contribution in [-0.4, -0.2) is 43.1 Å². The molecule has 0 atom stereocenters. The van der Waals surface area contributed by atoms with Crippen LogP contribution in [0.25, 0.3) is 0 Å². The maximum absolute atomic E-state index is 13.5. The second-order valence-corrected chi connectivity index (χ2v) is 7.15. The van der Waals surface area contributed by atoms with Gasteiger partial charge in [0.05, 0.1) is 6.54 Å². The molecule has 2 rings (SSSR count). The van der Waals surface area contributed by atoms with E-state index >= 15 is 0 Å². The van der Waals surface area contributed by atoms with E-state index in [-0.39, 0.29) is 5.82 Å². The van der Waals surface area contributed by atoms with Gasteiger partial charge in [-0.05, 0) is 56.5 Å². The third-order valence-corrected chi connectivity index (χ3v) is 4.61. The Kier molecular flexibility index (Phi) is 7.99. The van der Waals surface area contributed by atoms with E-state index in [1.54, 1.807) is 0 Å². The first-order chi connectivity index (χ1) is 11.6. The van der Waals surface area contributed by atoms with Crippen LogP contribution in [0.5, 0.6) is 0 Å². The van der Waals surface area contributed by atoms with Gasteiger partial charge >= 0.3 is 0 Å². The van der Waals surface area contributed by atoms with Gasteiger partial charge in [-0.1, -0.05) is 22.9 Å². The summed E-state index contributed by atoms with van der Waals surface area (Å²) in [6.07, 6.45) is 3.48. The monoisotopic (exact) mass is 398 g/mol. The molecule has 134 valence electrons. The fourth-order valence-corrected chi connectivity index (χ4v) is 3.52. The number of benzene rings is 1. The zero-order chi connectivity index (χ0) is 17.4. The van der Waals surface area contributed by atoms with Gasteiger partial charge < -0.3 is 15.5 Å². The summed E-state index contributed by atoms with van der Waals surface area (Å²) in [5.74, 6) is 0.572. The SMILES string of the molecule is CCCN1CCC(NC(=NCc2cc(F)cc(Br)c2)NCC)CC1. The molecule has 0 radical (unpaired) electrons. The van der Waals surface area contributed by atoms with Crippen LogP contribution in [0.4, 0.5) is 4.39 Å². The molecule has 6 heteroatoms. The quantitative estimate of drug-likeness (QED) is 0.568. The summed E-state index contributed by atoms with van der Waals surface area (Å²) >= 11 is 3.32. The minimum absolute atomic E-state index is 0.240. The molecular weight excluding hydrogens is 371 g/mol. The highest BCUT2D eigenvalue weighted by Crippen LogP contribution is 2.15. The molecule has 1 aromatic carbocycles. The summed E-state index contributed by atoms with van der Waals surface area (Å²) in [5, 5.41) is 6.81. The largest absolute Gasteiger partial charge is 0.357 e. The Labute approximate surface area is 153 Å². The molecule has 1 saturated heterocycles. The Morgan fingerprint density at radius 3 is 2.67 bits per heavy atom. The first-order valence-electron chi connectivity index (χ1n) is 8.83. The molecule has 1 fully saturated rings. The number of hydrogen-bond acceptors (Lipinski definition) is 2. The van der Waals surface area contributed by atoms with Gasteiger partial charge in [-0.2, -0.15) is 0 Å². The number of rotatable bonds is 6. The Balaban J connectivity index is 1.91. The number of guanidine groups is 1. The Hall–Kier alpha value is -1.14. The molecule has 0 spiro atoms. The van der Waals surface area contributed by atoms with E-state index in [0.717, 1.165) is 48.5 Å². The zero-order valence-corrected chi connectivity index (χ0v) is 16.2. The van der Waals surface area contributed by atoms with Crippen LogP contribution >= 0.6 is 15.9 Å². The van der Waals surface area contributed by atoms with Crippen molar-refractivity contribution in [1.82, 2.24) is 15.5 Å². The first-order valence-corrected chi connectivity index (χ1v) is 9.62. The van der Waals surface area contributed by atoms with Crippen LogP contribution in [0.15, 0.2) is 27.7 Å². The molecule has 0 unspecified atom stereocenters. The van der Waals surface area contributed by atoms with Gasteiger partial charge in [0.2, 0.25) is 0 Å². The van der Waals surface area contributed by atoms with Gasteiger partial charge in [-0.3, -0.25) is 0 Å². The van der Waals surface area contributed by atoms with Gasteiger partial charge in [0, 0.05) is 30.1 Å². The second-order valence-electron chi connectivity index (χ2n) is 6.23. The minimum Gasteiger partial charge on any atom is -0.357 e. The lowest BCUT2D eigenvalue weighted by atomic mass is 10.1. The fraction of sp³-hybridized carbons (Fsp3) is 0.611. The smallest absolute Gasteiger partial charge is 0.191 e. The van der Waals surface area contributed by atoms with Crippen molar-refractivity contribution in [3.05, 3.63) is 34.1 Å². The predicted octanol–water partition coefficient (Wildman–Crippen LogP) is 3.52. The molecule has 1 aromatic rings. The molecule has 0 amide bonds. The number of halogens is 2.